The smallest absolute Gasteiger partial charge is 0.337 e. The summed E-state index contributed by atoms with van der Waals surface area (Å²) in [7, 11) is 2.23. The van der Waals surface area contributed by atoms with Crippen LogP contribution in [0.1, 0.15) is 33.1 Å². The van der Waals surface area contributed by atoms with Gasteiger partial charge in [0.15, 0.2) is 12.6 Å². The van der Waals surface area contributed by atoms with Crippen molar-refractivity contribution in [2.24, 2.45) is 41.4 Å². The van der Waals surface area contributed by atoms with E-state index in [-0.39, 0.29) is 29.7 Å². The molecule has 1 aliphatic carbocycles. The number of aliphatic hydroxyl groups is 10. The number of esters is 4. The normalized spacial score (nSPS) is 38.9. The van der Waals surface area contributed by atoms with Crippen LogP contribution in [0.2, 0.25) is 0 Å². The second-order valence-corrected chi connectivity index (χ2v) is 17.2. The van der Waals surface area contributed by atoms with Crippen LogP contribution >= 0.6 is 0 Å². The highest BCUT2D eigenvalue weighted by Crippen LogP contribution is 2.45. The molecule has 68 heavy (non-hydrogen) atoms. The Hall–Kier alpha value is -4.12. The third-order valence-corrected chi connectivity index (χ3v) is 13.4. The summed E-state index contributed by atoms with van der Waals surface area (Å²) in [5.74, 6) is -9.01. The van der Waals surface area contributed by atoms with Gasteiger partial charge in [0.05, 0.1) is 70.6 Å². The van der Waals surface area contributed by atoms with Crippen molar-refractivity contribution >= 4 is 23.9 Å². The van der Waals surface area contributed by atoms with E-state index in [0.29, 0.717) is 0 Å². The Morgan fingerprint density at radius 3 is 1.84 bits per heavy atom. The number of aliphatic hydroxyl groups excluding tert-OH is 10. The Balaban J connectivity index is 1.29. The number of carbonyl (C=O) groups excluding carboxylic acids is 4. The molecule has 3 fully saturated rings. The molecule has 0 amide bonds. The van der Waals surface area contributed by atoms with E-state index in [4.69, 9.17) is 47.4 Å². The topological polar surface area (TPSA) is 363 Å². The molecule has 0 spiro atoms. The number of ether oxygens (including phenoxy) is 10. The first-order chi connectivity index (χ1) is 32.4. The van der Waals surface area contributed by atoms with Gasteiger partial charge in [-0.3, -0.25) is 9.59 Å². The van der Waals surface area contributed by atoms with Gasteiger partial charge in [0, 0.05) is 48.4 Å². The van der Waals surface area contributed by atoms with Crippen molar-refractivity contribution in [3.05, 3.63) is 48.0 Å². The summed E-state index contributed by atoms with van der Waals surface area (Å²) in [5, 5.41) is 102. The van der Waals surface area contributed by atoms with E-state index < -0.39 is 185 Å². The van der Waals surface area contributed by atoms with Gasteiger partial charge in [0.25, 0.3) is 0 Å². The fraction of sp³-hybridized carbons (Fsp3) is 0.727. The molecule has 0 aromatic heterocycles. The third-order valence-electron chi connectivity index (χ3n) is 13.4. The van der Waals surface area contributed by atoms with Crippen LogP contribution in [0.5, 0.6) is 0 Å². The van der Waals surface area contributed by atoms with Gasteiger partial charge in [-0.25, -0.2) is 9.59 Å². The van der Waals surface area contributed by atoms with Gasteiger partial charge in [-0.2, -0.15) is 0 Å². The van der Waals surface area contributed by atoms with E-state index >= 15 is 0 Å². The second-order valence-electron chi connectivity index (χ2n) is 17.2. The van der Waals surface area contributed by atoms with Gasteiger partial charge in [-0.05, 0) is 25.2 Å². The maximum absolute atomic E-state index is 13.9. The lowest BCUT2D eigenvalue weighted by molar-refractivity contribution is -0.339. The summed E-state index contributed by atoms with van der Waals surface area (Å²) in [6, 6.07) is 0. The zero-order valence-corrected chi connectivity index (χ0v) is 37.9. The summed E-state index contributed by atoms with van der Waals surface area (Å²) in [6.07, 6.45) is -16.1. The molecule has 19 atom stereocenters. The fourth-order valence-electron chi connectivity index (χ4n) is 9.35. The highest BCUT2D eigenvalue weighted by atomic mass is 16.8. The van der Waals surface area contributed by atoms with E-state index in [9.17, 15) is 70.2 Å². The second kappa shape index (κ2) is 24.6. The number of methoxy groups -OCH3 is 2. The number of allylic oxidation sites excluding steroid dienone is 1. The molecule has 1 saturated carbocycles. The number of rotatable bonds is 19. The Kier molecular flexibility index (Phi) is 19.9. The third kappa shape index (κ3) is 11.9. The summed E-state index contributed by atoms with van der Waals surface area (Å²) in [6.45, 7) is 4.37. The molecule has 0 aromatic carbocycles. The first kappa shape index (κ1) is 54.8. The van der Waals surface area contributed by atoms with Crippen LogP contribution < -0.4 is 0 Å². The van der Waals surface area contributed by atoms with Crippen molar-refractivity contribution in [1.82, 2.24) is 0 Å². The molecule has 5 aliphatic rings. The lowest BCUT2D eigenvalue weighted by Gasteiger charge is -2.42. The van der Waals surface area contributed by atoms with Crippen molar-refractivity contribution in [2.75, 3.05) is 47.3 Å². The molecule has 10 N–H and O–H groups in total. The van der Waals surface area contributed by atoms with Crippen molar-refractivity contribution in [2.45, 2.75) is 113 Å². The van der Waals surface area contributed by atoms with Crippen LogP contribution in [-0.2, 0) is 66.5 Å². The van der Waals surface area contributed by atoms with Gasteiger partial charge >= 0.3 is 23.9 Å². The van der Waals surface area contributed by atoms with Crippen molar-refractivity contribution in [3.63, 3.8) is 0 Å². The molecular formula is C44H64O24. The lowest BCUT2D eigenvalue weighted by atomic mass is 9.81. The highest BCUT2D eigenvalue weighted by Gasteiger charge is 2.51. The largest absolute Gasteiger partial charge is 0.471 e. The van der Waals surface area contributed by atoms with E-state index in [0.717, 1.165) is 26.7 Å². The first-order valence-electron chi connectivity index (χ1n) is 22.1. The Bertz CT molecular complexity index is 1830. The SMILES string of the molecule is C=CC1C(OC2OC(CO)C(O)C(O)C2O)OC=C(C(=O)OC)C1CC(=O)OCC1C(C)C(OC(=O)CC2C(C(=O)OC)=COC(OC3OC(CO)C(O)C(O)C3O)C2=CC)CC1C(CO)CO. The summed E-state index contributed by atoms with van der Waals surface area (Å²) >= 11 is 0. The molecule has 24 heteroatoms. The minimum Gasteiger partial charge on any atom is -0.471 e. The standard InChI is InChI=1S/C44H64O24/c1-6-20-23(26(39(57)59-4)16-62-41(20)67-43-37(55)35(53)33(51)29(13-47)65-43)9-31(49)61-15-25-18(3)28(8-22(25)19(11-45)12-46)64-32(50)10-24-21(7-2)42(63-17-27(24)40(58)60-5)68-44-38(56)36(54)34(52)30(14-48)66-44/h6-7,16-20,22-25,28-30,33-38,41-48,51-56H,1,8-15H2,2-5H3. The Morgan fingerprint density at radius 2 is 1.31 bits per heavy atom. The molecular weight excluding hydrogens is 912 g/mol. The highest BCUT2D eigenvalue weighted by molar-refractivity contribution is 5.91. The minimum absolute atomic E-state index is 0.103. The van der Waals surface area contributed by atoms with Crippen LogP contribution in [0.15, 0.2) is 48.0 Å². The lowest BCUT2D eigenvalue weighted by Crippen LogP contribution is -2.60. The summed E-state index contributed by atoms with van der Waals surface area (Å²) in [4.78, 5) is 53.4. The van der Waals surface area contributed by atoms with E-state index in [1.807, 2.05) is 0 Å². The number of hydrogen-bond donors (Lipinski definition) is 10. The molecule has 384 valence electrons. The van der Waals surface area contributed by atoms with Crippen molar-refractivity contribution in [1.29, 1.82) is 0 Å². The van der Waals surface area contributed by atoms with Gasteiger partial charge in [0.2, 0.25) is 12.6 Å². The Labute approximate surface area is 390 Å². The van der Waals surface area contributed by atoms with E-state index in [1.165, 1.54) is 12.2 Å². The van der Waals surface area contributed by atoms with Gasteiger partial charge in [-0.15, -0.1) is 6.58 Å². The van der Waals surface area contributed by atoms with Crippen LogP contribution in [-0.4, -0.2) is 202 Å². The quantitative estimate of drug-likeness (QED) is 0.0342. The predicted octanol–water partition coefficient (Wildman–Crippen LogP) is -3.47. The molecule has 0 radical (unpaired) electrons. The minimum atomic E-state index is -1.80. The molecule has 5 rings (SSSR count). The van der Waals surface area contributed by atoms with Crippen LogP contribution in [0, 0.1) is 41.4 Å². The van der Waals surface area contributed by atoms with Crippen LogP contribution in [0.4, 0.5) is 0 Å². The van der Waals surface area contributed by atoms with E-state index in [1.54, 1.807) is 13.8 Å². The average Bonchev–Trinajstić information content (AvgIpc) is 3.63. The monoisotopic (exact) mass is 976 g/mol. The Morgan fingerprint density at radius 1 is 0.750 bits per heavy atom. The molecule has 19 unspecified atom stereocenters. The predicted molar refractivity (Wildman–Crippen MR) is 223 cm³/mol. The number of carbonyl (C=O) groups is 4. The molecule has 0 aromatic rings. The zero-order chi connectivity index (χ0) is 50.1. The van der Waals surface area contributed by atoms with Crippen molar-refractivity contribution < 1.29 is 118 Å². The average molecular weight is 977 g/mol. The molecule has 0 bridgehead atoms. The van der Waals surface area contributed by atoms with Crippen LogP contribution in [0.3, 0.4) is 0 Å². The zero-order valence-electron chi connectivity index (χ0n) is 37.9. The molecule has 2 saturated heterocycles. The van der Waals surface area contributed by atoms with Gasteiger partial charge in [-0.1, -0.05) is 19.1 Å². The van der Waals surface area contributed by atoms with Crippen molar-refractivity contribution in [3.8, 4) is 0 Å². The molecule has 24 nitrogen and oxygen atoms in total. The first-order valence-corrected chi connectivity index (χ1v) is 22.1. The number of hydrogen-bond acceptors (Lipinski definition) is 24. The van der Waals surface area contributed by atoms with Gasteiger partial charge in [0.1, 0.15) is 54.9 Å². The molecule has 4 heterocycles. The summed E-state index contributed by atoms with van der Waals surface area (Å²) < 4.78 is 55.5. The van der Waals surface area contributed by atoms with E-state index in [2.05, 4.69) is 6.58 Å². The molecule has 4 aliphatic heterocycles. The summed E-state index contributed by atoms with van der Waals surface area (Å²) in [5.41, 5.74) is -0.0239. The van der Waals surface area contributed by atoms with Gasteiger partial charge < -0.3 is 98.4 Å². The maximum Gasteiger partial charge on any atom is 0.337 e. The fourth-order valence-corrected chi connectivity index (χ4v) is 9.35. The maximum atomic E-state index is 13.9. The van der Waals surface area contributed by atoms with Crippen LogP contribution in [0.25, 0.3) is 0 Å².